The molecule has 3 aromatic rings. The fourth-order valence-corrected chi connectivity index (χ4v) is 4.57. The fraction of sp³-hybridized carbons (Fsp3) is 0.304. The quantitative estimate of drug-likeness (QED) is 0.765. The van der Waals surface area contributed by atoms with Crippen LogP contribution in [0.2, 0.25) is 0 Å². The van der Waals surface area contributed by atoms with Gasteiger partial charge in [-0.1, -0.05) is 36.4 Å². The van der Waals surface area contributed by atoms with Crippen LogP contribution >= 0.6 is 0 Å². The summed E-state index contributed by atoms with van der Waals surface area (Å²) in [6.45, 7) is 1.90. The van der Waals surface area contributed by atoms with Crippen LogP contribution in [0.25, 0.3) is 16.9 Å². The van der Waals surface area contributed by atoms with Gasteiger partial charge in [0.15, 0.2) is 0 Å². The van der Waals surface area contributed by atoms with Crippen LogP contribution in [-0.4, -0.2) is 45.8 Å². The zero-order chi connectivity index (χ0) is 18.9. The first-order valence-electron chi connectivity index (χ1n) is 10.0. The van der Waals surface area contributed by atoms with E-state index in [2.05, 4.69) is 27.4 Å². The molecule has 2 aliphatic rings. The van der Waals surface area contributed by atoms with E-state index in [0.29, 0.717) is 12.1 Å². The molecule has 0 radical (unpaired) electrons. The van der Waals surface area contributed by atoms with Crippen molar-refractivity contribution >= 4 is 5.91 Å². The smallest absolute Gasteiger partial charge is 0.254 e. The van der Waals surface area contributed by atoms with Gasteiger partial charge in [0.25, 0.3) is 5.91 Å². The van der Waals surface area contributed by atoms with Crippen LogP contribution in [0.4, 0.5) is 0 Å². The second-order valence-electron chi connectivity index (χ2n) is 7.63. The van der Waals surface area contributed by atoms with Gasteiger partial charge in [-0.2, -0.15) is 5.10 Å². The second-order valence-corrected chi connectivity index (χ2v) is 7.63. The van der Waals surface area contributed by atoms with Crippen LogP contribution in [0.3, 0.4) is 0 Å². The molecular formula is C23H24N4O. The average molecular weight is 372 g/mol. The van der Waals surface area contributed by atoms with Crippen molar-refractivity contribution < 1.29 is 4.79 Å². The third kappa shape index (κ3) is 3.02. The van der Waals surface area contributed by atoms with E-state index in [1.54, 1.807) is 6.20 Å². The Balaban J connectivity index is 1.48. The summed E-state index contributed by atoms with van der Waals surface area (Å²) in [6.07, 6.45) is 5.06. The summed E-state index contributed by atoms with van der Waals surface area (Å²) in [5.41, 5.74) is 3.78. The minimum atomic E-state index is 0.145. The lowest BCUT2D eigenvalue weighted by molar-refractivity contribution is 0.0680. The van der Waals surface area contributed by atoms with Crippen LogP contribution in [-0.2, 0) is 0 Å². The highest BCUT2D eigenvalue weighted by atomic mass is 16.2. The van der Waals surface area contributed by atoms with Crippen molar-refractivity contribution in [2.75, 3.05) is 13.1 Å². The van der Waals surface area contributed by atoms with Gasteiger partial charge < -0.3 is 10.2 Å². The molecule has 0 aliphatic carbocycles. The van der Waals surface area contributed by atoms with E-state index in [4.69, 9.17) is 0 Å². The second kappa shape index (κ2) is 7.24. The maximum Gasteiger partial charge on any atom is 0.254 e. The van der Waals surface area contributed by atoms with Crippen LogP contribution in [0, 0.1) is 0 Å². The first kappa shape index (κ1) is 17.2. The van der Waals surface area contributed by atoms with Crippen molar-refractivity contribution in [3.8, 4) is 16.9 Å². The number of nitrogens with one attached hydrogen (secondary N) is 1. The zero-order valence-corrected chi connectivity index (χ0v) is 15.8. The summed E-state index contributed by atoms with van der Waals surface area (Å²) in [4.78, 5) is 15.5. The molecule has 2 aliphatic heterocycles. The van der Waals surface area contributed by atoms with Gasteiger partial charge in [0.05, 0.1) is 17.6 Å². The molecule has 0 saturated carbocycles. The third-order valence-electron chi connectivity index (χ3n) is 5.94. The van der Waals surface area contributed by atoms with E-state index in [1.165, 1.54) is 0 Å². The first-order valence-corrected chi connectivity index (χ1v) is 10.0. The molecule has 2 bridgehead atoms. The Morgan fingerprint density at radius 2 is 1.82 bits per heavy atom. The molecule has 2 unspecified atom stereocenters. The SMILES string of the molecule is O=C(c1cccc(-n2nccc2-c2ccccc2)c1)N1C2CCNCC1CC2. The molecule has 5 heteroatoms. The summed E-state index contributed by atoms with van der Waals surface area (Å²) in [6, 6.07) is 20.7. The molecule has 0 spiro atoms. The van der Waals surface area contributed by atoms with Crippen molar-refractivity contribution in [3.63, 3.8) is 0 Å². The summed E-state index contributed by atoms with van der Waals surface area (Å²) in [7, 11) is 0. The van der Waals surface area contributed by atoms with Gasteiger partial charge in [0, 0.05) is 29.8 Å². The van der Waals surface area contributed by atoms with Crippen molar-refractivity contribution in [2.24, 2.45) is 0 Å². The van der Waals surface area contributed by atoms with Crippen molar-refractivity contribution in [1.29, 1.82) is 0 Å². The number of aromatic nitrogens is 2. The molecule has 1 aromatic heterocycles. The lowest BCUT2D eigenvalue weighted by atomic mass is 10.1. The Kier molecular flexibility index (Phi) is 4.45. The van der Waals surface area contributed by atoms with Crippen molar-refractivity contribution in [2.45, 2.75) is 31.3 Å². The molecule has 2 fully saturated rings. The maximum atomic E-state index is 13.4. The third-order valence-corrected chi connectivity index (χ3v) is 5.94. The fourth-order valence-electron chi connectivity index (χ4n) is 4.57. The van der Waals surface area contributed by atoms with E-state index in [1.807, 2.05) is 53.2 Å². The first-order chi connectivity index (χ1) is 13.8. The number of carbonyl (C=O) groups excluding carboxylic acids is 1. The predicted octanol–water partition coefficient (Wildman–Crippen LogP) is 3.51. The van der Waals surface area contributed by atoms with Gasteiger partial charge in [0.1, 0.15) is 0 Å². The maximum absolute atomic E-state index is 13.4. The molecule has 1 N–H and O–H groups in total. The summed E-state index contributed by atoms with van der Waals surface area (Å²) < 4.78 is 1.91. The Hall–Kier alpha value is -2.92. The van der Waals surface area contributed by atoms with E-state index >= 15 is 0 Å². The predicted molar refractivity (Wildman–Crippen MR) is 109 cm³/mol. The highest BCUT2D eigenvalue weighted by molar-refractivity contribution is 5.95. The molecule has 2 aromatic carbocycles. The Morgan fingerprint density at radius 3 is 2.71 bits per heavy atom. The number of benzene rings is 2. The van der Waals surface area contributed by atoms with Gasteiger partial charge in [-0.15, -0.1) is 0 Å². The Morgan fingerprint density at radius 1 is 0.964 bits per heavy atom. The van der Waals surface area contributed by atoms with E-state index in [0.717, 1.165) is 54.9 Å². The Labute approximate surface area is 165 Å². The van der Waals surface area contributed by atoms with Gasteiger partial charge in [-0.3, -0.25) is 4.79 Å². The number of rotatable bonds is 3. The molecule has 1 amide bonds. The number of hydrogen-bond donors (Lipinski definition) is 1. The lowest BCUT2D eigenvalue weighted by Gasteiger charge is -2.28. The zero-order valence-electron chi connectivity index (χ0n) is 15.8. The van der Waals surface area contributed by atoms with Gasteiger partial charge >= 0.3 is 0 Å². The summed E-state index contributed by atoms with van der Waals surface area (Å²) >= 11 is 0. The topological polar surface area (TPSA) is 50.2 Å². The van der Waals surface area contributed by atoms with Crippen LogP contribution in [0.15, 0.2) is 66.9 Å². The molecule has 2 saturated heterocycles. The molecule has 142 valence electrons. The monoisotopic (exact) mass is 372 g/mol. The van der Waals surface area contributed by atoms with Crippen LogP contribution < -0.4 is 5.32 Å². The molecule has 28 heavy (non-hydrogen) atoms. The molecule has 5 nitrogen and oxygen atoms in total. The van der Waals surface area contributed by atoms with Crippen molar-refractivity contribution in [3.05, 3.63) is 72.4 Å². The van der Waals surface area contributed by atoms with Gasteiger partial charge in [-0.05, 0) is 50.1 Å². The summed E-state index contributed by atoms with van der Waals surface area (Å²) in [5.74, 6) is 0.145. The standard InChI is InChI=1S/C23H24N4O/c28-23(26-19-9-10-21(26)16-24-13-11-19)18-7-4-8-20(15-18)27-22(12-14-25-27)17-5-2-1-3-6-17/h1-8,12,14-15,19,21,24H,9-11,13,16H2. The Bertz CT molecular complexity index is 967. The highest BCUT2D eigenvalue weighted by Crippen LogP contribution is 2.30. The van der Waals surface area contributed by atoms with E-state index in [9.17, 15) is 4.79 Å². The average Bonchev–Trinajstić information content (AvgIpc) is 3.32. The van der Waals surface area contributed by atoms with Crippen molar-refractivity contribution in [1.82, 2.24) is 20.0 Å². The normalized spacial score (nSPS) is 21.5. The number of fused-ring (bicyclic) bond motifs is 2. The van der Waals surface area contributed by atoms with E-state index in [-0.39, 0.29) is 5.91 Å². The number of amides is 1. The molecule has 2 atom stereocenters. The van der Waals surface area contributed by atoms with E-state index < -0.39 is 0 Å². The van der Waals surface area contributed by atoms with Crippen LogP contribution in [0.5, 0.6) is 0 Å². The van der Waals surface area contributed by atoms with Gasteiger partial charge in [-0.25, -0.2) is 4.68 Å². The highest BCUT2D eigenvalue weighted by Gasteiger charge is 2.38. The van der Waals surface area contributed by atoms with Gasteiger partial charge in [0.2, 0.25) is 0 Å². The molecule has 5 rings (SSSR count). The lowest BCUT2D eigenvalue weighted by Crippen LogP contribution is -2.42. The minimum absolute atomic E-state index is 0.145. The number of hydrogen-bond acceptors (Lipinski definition) is 3. The molecule has 3 heterocycles. The van der Waals surface area contributed by atoms with Crippen LogP contribution in [0.1, 0.15) is 29.6 Å². The number of nitrogens with zero attached hydrogens (tertiary/aromatic N) is 3. The molecular weight excluding hydrogens is 348 g/mol. The summed E-state index contributed by atoms with van der Waals surface area (Å²) in [5, 5.41) is 7.98. The largest absolute Gasteiger partial charge is 0.331 e. The minimum Gasteiger partial charge on any atom is -0.331 e. The number of carbonyl (C=O) groups is 1.